The van der Waals surface area contributed by atoms with Crippen LogP contribution in [0.4, 0.5) is 0 Å². The Morgan fingerprint density at radius 1 is 0.966 bits per heavy atom. The number of nitrogens with zero attached hydrogens (tertiary/aromatic N) is 1. The highest BCUT2D eigenvalue weighted by molar-refractivity contribution is 7.89. The van der Waals surface area contributed by atoms with Crippen molar-refractivity contribution in [2.45, 2.75) is 24.7 Å². The molecular weight excluding hydrogens is 390 g/mol. The summed E-state index contributed by atoms with van der Waals surface area (Å²) in [7, 11) is -3.76. The first-order valence-electron chi connectivity index (χ1n) is 9.20. The van der Waals surface area contributed by atoms with Crippen LogP contribution in [-0.2, 0) is 14.8 Å². The molecule has 8 heteroatoms. The van der Waals surface area contributed by atoms with E-state index in [1.165, 1.54) is 0 Å². The highest BCUT2D eigenvalue weighted by Crippen LogP contribution is 2.24. The SMILES string of the molecule is Cc1noc(C)c1S(=O)(=O)NCCNC(=O)C(c1ccccc1)c1ccccc1. The summed E-state index contributed by atoms with van der Waals surface area (Å²) in [6, 6.07) is 18.9. The fourth-order valence-electron chi connectivity index (χ4n) is 3.19. The van der Waals surface area contributed by atoms with E-state index in [0.717, 1.165) is 11.1 Å². The van der Waals surface area contributed by atoms with Crippen LogP contribution in [0.3, 0.4) is 0 Å². The molecule has 3 aromatic rings. The third kappa shape index (κ3) is 4.90. The van der Waals surface area contributed by atoms with Crippen molar-refractivity contribution in [2.24, 2.45) is 0 Å². The largest absolute Gasteiger partial charge is 0.360 e. The van der Waals surface area contributed by atoms with Crippen LogP contribution in [0, 0.1) is 13.8 Å². The van der Waals surface area contributed by atoms with Crippen molar-refractivity contribution in [3.05, 3.63) is 83.2 Å². The Kier molecular flexibility index (Phi) is 6.46. The van der Waals surface area contributed by atoms with Gasteiger partial charge in [0.25, 0.3) is 0 Å². The van der Waals surface area contributed by atoms with Crippen LogP contribution in [0.5, 0.6) is 0 Å². The molecule has 0 aliphatic carbocycles. The van der Waals surface area contributed by atoms with Gasteiger partial charge < -0.3 is 9.84 Å². The van der Waals surface area contributed by atoms with Crippen LogP contribution in [0.15, 0.2) is 70.1 Å². The number of hydrogen-bond donors (Lipinski definition) is 2. The first kappa shape index (κ1) is 20.8. The predicted molar refractivity (Wildman–Crippen MR) is 109 cm³/mol. The monoisotopic (exact) mass is 413 g/mol. The molecule has 0 saturated carbocycles. The van der Waals surface area contributed by atoms with Crippen molar-refractivity contribution >= 4 is 15.9 Å². The molecule has 0 fully saturated rings. The maximum absolute atomic E-state index is 12.9. The molecule has 3 rings (SSSR count). The quantitative estimate of drug-likeness (QED) is 0.553. The van der Waals surface area contributed by atoms with Crippen molar-refractivity contribution in [3.63, 3.8) is 0 Å². The highest BCUT2D eigenvalue weighted by Gasteiger charge is 2.25. The molecule has 2 N–H and O–H groups in total. The average molecular weight is 413 g/mol. The van der Waals surface area contributed by atoms with E-state index in [2.05, 4.69) is 15.2 Å². The van der Waals surface area contributed by atoms with E-state index in [1.54, 1.807) is 13.8 Å². The number of carbonyl (C=O) groups is 1. The van der Waals surface area contributed by atoms with E-state index < -0.39 is 15.9 Å². The van der Waals surface area contributed by atoms with Gasteiger partial charge in [0.15, 0.2) is 5.76 Å². The zero-order valence-corrected chi connectivity index (χ0v) is 17.1. The summed E-state index contributed by atoms with van der Waals surface area (Å²) in [6.07, 6.45) is 0. The first-order valence-corrected chi connectivity index (χ1v) is 10.7. The van der Waals surface area contributed by atoms with Gasteiger partial charge in [-0.05, 0) is 25.0 Å². The molecule has 0 saturated heterocycles. The van der Waals surface area contributed by atoms with Gasteiger partial charge in [0.05, 0.1) is 5.92 Å². The Morgan fingerprint density at radius 2 is 1.52 bits per heavy atom. The summed E-state index contributed by atoms with van der Waals surface area (Å²) in [6.45, 7) is 3.31. The van der Waals surface area contributed by atoms with E-state index in [0.29, 0.717) is 5.69 Å². The van der Waals surface area contributed by atoms with Crippen molar-refractivity contribution in [3.8, 4) is 0 Å². The van der Waals surface area contributed by atoms with Crippen molar-refractivity contribution in [2.75, 3.05) is 13.1 Å². The van der Waals surface area contributed by atoms with E-state index >= 15 is 0 Å². The van der Waals surface area contributed by atoms with Crippen LogP contribution >= 0.6 is 0 Å². The molecular formula is C21H23N3O4S. The summed E-state index contributed by atoms with van der Waals surface area (Å²) >= 11 is 0. The van der Waals surface area contributed by atoms with E-state index in [1.807, 2.05) is 60.7 Å². The Labute approximate surface area is 170 Å². The minimum absolute atomic E-state index is 0.0373. The Balaban J connectivity index is 1.65. The molecule has 0 radical (unpaired) electrons. The van der Waals surface area contributed by atoms with Gasteiger partial charge in [-0.15, -0.1) is 0 Å². The smallest absolute Gasteiger partial charge is 0.246 e. The van der Waals surface area contributed by atoms with E-state index in [9.17, 15) is 13.2 Å². The van der Waals surface area contributed by atoms with Crippen LogP contribution in [0.25, 0.3) is 0 Å². The molecule has 0 aliphatic rings. The van der Waals surface area contributed by atoms with Gasteiger partial charge in [0.1, 0.15) is 10.6 Å². The Morgan fingerprint density at radius 3 is 2.00 bits per heavy atom. The number of sulfonamides is 1. The average Bonchev–Trinajstić information content (AvgIpc) is 3.06. The van der Waals surface area contributed by atoms with Gasteiger partial charge in [0, 0.05) is 13.1 Å². The zero-order valence-electron chi connectivity index (χ0n) is 16.3. The predicted octanol–water partition coefficient (Wildman–Crippen LogP) is 2.52. The molecule has 29 heavy (non-hydrogen) atoms. The van der Waals surface area contributed by atoms with Crippen LogP contribution in [0.1, 0.15) is 28.5 Å². The van der Waals surface area contributed by atoms with Crippen molar-refractivity contribution < 1.29 is 17.7 Å². The lowest BCUT2D eigenvalue weighted by Gasteiger charge is -2.18. The van der Waals surface area contributed by atoms with Crippen LogP contribution < -0.4 is 10.0 Å². The first-order chi connectivity index (χ1) is 13.9. The van der Waals surface area contributed by atoms with Crippen LogP contribution in [-0.4, -0.2) is 32.6 Å². The number of aromatic nitrogens is 1. The molecule has 7 nitrogen and oxygen atoms in total. The number of benzene rings is 2. The highest BCUT2D eigenvalue weighted by atomic mass is 32.2. The second-order valence-electron chi connectivity index (χ2n) is 6.60. The topological polar surface area (TPSA) is 101 Å². The van der Waals surface area contributed by atoms with Gasteiger partial charge >= 0.3 is 0 Å². The second kappa shape index (κ2) is 9.02. The number of nitrogens with one attached hydrogen (secondary N) is 2. The van der Waals surface area contributed by atoms with E-state index in [-0.39, 0.29) is 29.7 Å². The summed E-state index contributed by atoms with van der Waals surface area (Å²) in [5.41, 5.74) is 2.03. The van der Waals surface area contributed by atoms with Gasteiger partial charge in [-0.2, -0.15) is 0 Å². The minimum Gasteiger partial charge on any atom is -0.360 e. The molecule has 0 aliphatic heterocycles. The molecule has 0 bridgehead atoms. The molecule has 2 aromatic carbocycles. The lowest BCUT2D eigenvalue weighted by molar-refractivity contribution is -0.121. The number of rotatable bonds is 8. The second-order valence-corrected chi connectivity index (χ2v) is 8.30. The summed E-state index contributed by atoms with van der Waals surface area (Å²) < 4.78 is 32.3. The number of amides is 1. The third-order valence-corrected chi connectivity index (χ3v) is 6.19. The van der Waals surface area contributed by atoms with Crippen LogP contribution in [0.2, 0.25) is 0 Å². The third-order valence-electron chi connectivity index (χ3n) is 4.48. The lowest BCUT2D eigenvalue weighted by atomic mass is 9.90. The standard InChI is InChI=1S/C21H23N3O4S/c1-15-20(16(2)28-24-15)29(26,27)23-14-13-22-21(25)19(17-9-5-3-6-10-17)18-11-7-4-8-12-18/h3-12,19,23H,13-14H2,1-2H3,(H,22,25). The van der Waals surface area contributed by atoms with Gasteiger partial charge in [-0.25, -0.2) is 13.1 Å². The maximum atomic E-state index is 12.9. The maximum Gasteiger partial charge on any atom is 0.246 e. The molecule has 1 aromatic heterocycles. The molecule has 0 spiro atoms. The van der Waals surface area contributed by atoms with Crippen molar-refractivity contribution in [1.82, 2.24) is 15.2 Å². The fourth-order valence-corrected chi connectivity index (χ4v) is 4.55. The van der Waals surface area contributed by atoms with Gasteiger partial charge in [-0.1, -0.05) is 65.8 Å². The van der Waals surface area contributed by atoms with E-state index in [4.69, 9.17) is 4.52 Å². The molecule has 1 amide bonds. The summed E-state index contributed by atoms with van der Waals surface area (Å²) in [5.74, 6) is -0.442. The number of hydrogen-bond acceptors (Lipinski definition) is 5. The molecule has 152 valence electrons. The van der Waals surface area contributed by atoms with Gasteiger partial charge in [-0.3, -0.25) is 4.79 Å². The zero-order chi connectivity index (χ0) is 20.9. The fraction of sp³-hybridized carbons (Fsp3) is 0.238. The molecule has 0 atom stereocenters. The Bertz CT molecular complexity index is 1000. The number of aryl methyl sites for hydroxylation is 2. The molecule has 0 unspecified atom stereocenters. The molecule has 1 heterocycles. The van der Waals surface area contributed by atoms with Crippen molar-refractivity contribution in [1.29, 1.82) is 0 Å². The number of carbonyl (C=O) groups excluding carboxylic acids is 1. The summed E-state index contributed by atoms with van der Waals surface area (Å²) in [4.78, 5) is 12.9. The lowest BCUT2D eigenvalue weighted by Crippen LogP contribution is -2.37. The minimum atomic E-state index is -3.76. The Hall–Kier alpha value is -2.97. The normalized spacial score (nSPS) is 11.6. The summed E-state index contributed by atoms with van der Waals surface area (Å²) in [5, 5.41) is 6.49. The van der Waals surface area contributed by atoms with Gasteiger partial charge in [0.2, 0.25) is 15.9 Å².